The number of nitrogens with one attached hydrogen (secondary N) is 3. The van der Waals surface area contributed by atoms with Crippen LogP contribution < -0.4 is 21.9 Å². The van der Waals surface area contributed by atoms with Crippen LogP contribution in [0.4, 0.5) is 0 Å². The Kier molecular flexibility index (Phi) is 11.2. The van der Waals surface area contributed by atoms with E-state index < -0.39 is 0 Å². The molecule has 0 spiro atoms. The van der Waals surface area contributed by atoms with Crippen molar-refractivity contribution in [2.75, 3.05) is 51.8 Å². The highest BCUT2D eigenvalue weighted by molar-refractivity contribution is 8.00. The zero-order valence-corrected chi connectivity index (χ0v) is 17.9. The highest BCUT2D eigenvalue weighted by Crippen LogP contribution is 2.17. The van der Waals surface area contributed by atoms with Gasteiger partial charge in [0.2, 0.25) is 0 Å². The Morgan fingerprint density at radius 2 is 2.04 bits per heavy atom. The van der Waals surface area contributed by atoms with Crippen molar-refractivity contribution < 1.29 is 4.74 Å². The van der Waals surface area contributed by atoms with E-state index in [0.29, 0.717) is 11.9 Å². The summed E-state index contributed by atoms with van der Waals surface area (Å²) >= 11 is 1.92. The molecule has 1 rings (SSSR count). The molecule has 0 radical (unpaired) electrons. The van der Waals surface area contributed by atoms with E-state index in [4.69, 9.17) is 10.6 Å². The Balaban J connectivity index is 2.77. The number of ether oxygens (including phenoxy) is 1. The maximum Gasteiger partial charge on any atom is 0.124 e. The Morgan fingerprint density at radius 1 is 1.35 bits per heavy atom. The predicted octanol–water partition coefficient (Wildman–Crippen LogP) is 1.14. The lowest BCUT2D eigenvalue weighted by atomic mass is 10.1. The van der Waals surface area contributed by atoms with Crippen molar-refractivity contribution in [2.45, 2.75) is 45.4 Å². The first kappa shape index (κ1) is 23.2. The Morgan fingerprint density at radius 3 is 2.62 bits per heavy atom. The number of nitrogens with two attached hydrogens (primary N) is 1. The van der Waals surface area contributed by atoms with Gasteiger partial charge in [0.05, 0.1) is 13.2 Å². The molecule has 7 nitrogen and oxygen atoms in total. The minimum Gasteiger partial charge on any atom is -0.386 e. The normalized spacial score (nSPS) is 18.7. The van der Waals surface area contributed by atoms with Gasteiger partial charge < -0.3 is 15.4 Å². The zero-order chi connectivity index (χ0) is 19.4. The number of hydrogen-bond donors (Lipinski definition) is 4. The van der Waals surface area contributed by atoms with Gasteiger partial charge in [0.25, 0.3) is 0 Å². The van der Waals surface area contributed by atoms with Crippen molar-refractivity contribution >= 4 is 17.6 Å². The molecule has 1 aliphatic rings. The molecular weight excluding hydrogens is 348 g/mol. The van der Waals surface area contributed by atoms with E-state index in [0.717, 1.165) is 51.0 Å². The summed E-state index contributed by atoms with van der Waals surface area (Å²) in [4.78, 5) is 6.96. The maximum atomic E-state index is 5.42. The number of thioether (sulfide) groups is 1. The summed E-state index contributed by atoms with van der Waals surface area (Å²) in [5.74, 6) is 7.32. The summed E-state index contributed by atoms with van der Waals surface area (Å²) in [6.07, 6.45) is 2.12. The molecule has 0 aromatic heterocycles. The van der Waals surface area contributed by atoms with Crippen LogP contribution in [0.3, 0.4) is 0 Å². The van der Waals surface area contributed by atoms with Crippen LogP contribution in [0, 0.1) is 0 Å². The first-order valence-corrected chi connectivity index (χ1v) is 10.5. The number of nitrogens with zero attached hydrogens (tertiary/aromatic N) is 2. The zero-order valence-electron chi connectivity index (χ0n) is 17.1. The van der Waals surface area contributed by atoms with E-state index >= 15 is 0 Å². The summed E-state index contributed by atoms with van der Waals surface area (Å²) in [5, 5.41) is 7.47. The van der Waals surface area contributed by atoms with Gasteiger partial charge in [-0.3, -0.25) is 15.7 Å². The van der Waals surface area contributed by atoms with Gasteiger partial charge in [-0.2, -0.15) is 11.8 Å². The molecular formula is C18H38N6OS. The van der Waals surface area contributed by atoms with Gasteiger partial charge in [-0.1, -0.05) is 6.92 Å². The van der Waals surface area contributed by atoms with Crippen LogP contribution >= 0.6 is 11.8 Å². The number of aliphatic imine (C=N–C) groups is 1. The average Bonchev–Trinajstić information content (AvgIpc) is 2.58. The van der Waals surface area contributed by atoms with E-state index in [9.17, 15) is 0 Å². The molecule has 0 bridgehead atoms. The molecule has 0 aromatic carbocycles. The van der Waals surface area contributed by atoms with Gasteiger partial charge >= 0.3 is 0 Å². The molecule has 152 valence electrons. The van der Waals surface area contributed by atoms with Gasteiger partial charge in [-0.25, -0.2) is 5.43 Å². The fraction of sp³-hybridized carbons (Fsp3) is 0.833. The van der Waals surface area contributed by atoms with Crippen molar-refractivity contribution in [3.8, 4) is 0 Å². The van der Waals surface area contributed by atoms with Crippen LogP contribution in [-0.4, -0.2) is 73.3 Å². The average molecular weight is 387 g/mol. The molecule has 1 saturated heterocycles. The molecule has 26 heavy (non-hydrogen) atoms. The SMILES string of the molecule is CCSC(C)/C(=C\C(=N/CNN)NC(C)(C)C)NCCN1CCOCC1. The summed E-state index contributed by atoms with van der Waals surface area (Å²) in [5.41, 5.74) is 3.72. The lowest BCUT2D eigenvalue weighted by Crippen LogP contribution is -2.42. The Hall–Kier alpha value is -0.800. The molecule has 0 aromatic rings. The van der Waals surface area contributed by atoms with Crippen molar-refractivity contribution in [3.05, 3.63) is 11.8 Å². The number of morpholine rings is 1. The van der Waals surface area contributed by atoms with Crippen LogP contribution in [0.5, 0.6) is 0 Å². The first-order valence-electron chi connectivity index (χ1n) is 9.49. The maximum absolute atomic E-state index is 5.42. The second kappa shape index (κ2) is 12.6. The molecule has 1 heterocycles. The highest BCUT2D eigenvalue weighted by atomic mass is 32.2. The van der Waals surface area contributed by atoms with Crippen LogP contribution in [0.2, 0.25) is 0 Å². The molecule has 1 atom stereocenters. The summed E-state index contributed by atoms with van der Waals surface area (Å²) in [7, 11) is 0. The smallest absolute Gasteiger partial charge is 0.124 e. The van der Waals surface area contributed by atoms with E-state index in [1.807, 2.05) is 11.8 Å². The van der Waals surface area contributed by atoms with E-state index in [1.165, 1.54) is 5.70 Å². The second-order valence-electron chi connectivity index (χ2n) is 7.36. The van der Waals surface area contributed by atoms with E-state index in [2.05, 4.69) is 66.6 Å². The predicted molar refractivity (Wildman–Crippen MR) is 113 cm³/mol. The fourth-order valence-electron chi connectivity index (χ4n) is 2.62. The topological polar surface area (TPSA) is 86.9 Å². The number of hydrogen-bond acceptors (Lipinski definition) is 7. The van der Waals surface area contributed by atoms with Crippen LogP contribution in [-0.2, 0) is 4.74 Å². The third kappa shape index (κ3) is 10.4. The largest absolute Gasteiger partial charge is 0.386 e. The van der Waals surface area contributed by atoms with Gasteiger partial charge in [-0.15, -0.1) is 0 Å². The minimum absolute atomic E-state index is 0.0655. The lowest BCUT2D eigenvalue weighted by Gasteiger charge is -2.28. The summed E-state index contributed by atoms with van der Waals surface area (Å²) < 4.78 is 5.42. The van der Waals surface area contributed by atoms with Crippen LogP contribution in [0.1, 0.15) is 34.6 Å². The molecule has 1 fully saturated rings. The molecule has 1 aliphatic heterocycles. The molecule has 8 heteroatoms. The number of rotatable bonds is 10. The van der Waals surface area contributed by atoms with Crippen molar-refractivity contribution in [1.29, 1.82) is 0 Å². The van der Waals surface area contributed by atoms with Gasteiger partial charge in [-0.05, 0) is 33.4 Å². The van der Waals surface area contributed by atoms with Crippen molar-refractivity contribution in [2.24, 2.45) is 10.8 Å². The lowest BCUT2D eigenvalue weighted by molar-refractivity contribution is 0.0387. The van der Waals surface area contributed by atoms with Gasteiger partial charge in [0.1, 0.15) is 12.5 Å². The van der Waals surface area contributed by atoms with Crippen LogP contribution in [0.15, 0.2) is 16.8 Å². The second-order valence-corrected chi connectivity index (χ2v) is 8.98. The van der Waals surface area contributed by atoms with Crippen molar-refractivity contribution in [3.63, 3.8) is 0 Å². The minimum atomic E-state index is -0.0655. The monoisotopic (exact) mass is 386 g/mol. The third-order valence-corrected chi connectivity index (χ3v) is 4.94. The number of amidine groups is 1. The quantitative estimate of drug-likeness (QED) is 0.194. The molecule has 5 N–H and O–H groups in total. The Labute approximate surface area is 163 Å². The highest BCUT2D eigenvalue weighted by Gasteiger charge is 2.15. The van der Waals surface area contributed by atoms with Crippen LogP contribution in [0.25, 0.3) is 0 Å². The number of hydrazine groups is 1. The summed E-state index contributed by atoms with van der Waals surface area (Å²) in [6.45, 7) is 16.8. The fourth-order valence-corrected chi connectivity index (χ4v) is 3.45. The molecule has 1 unspecified atom stereocenters. The standard InChI is InChI=1S/C18H38N6OS/c1-6-26-15(2)16(20-7-8-24-9-11-25-12-10-24)13-17(21-14-22-19)23-18(3,4)5/h13,15,20,22H,6-12,14,19H2,1-5H3,(H,21,23)/b16-13+. The van der Waals surface area contributed by atoms with E-state index in [1.54, 1.807) is 0 Å². The third-order valence-electron chi connectivity index (χ3n) is 3.85. The van der Waals surface area contributed by atoms with E-state index in [-0.39, 0.29) is 5.54 Å². The molecule has 0 aliphatic carbocycles. The molecule has 0 amide bonds. The van der Waals surface area contributed by atoms with Crippen molar-refractivity contribution in [1.82, 2.24) is 21.0 Å². The van der Waals surface area contributed by atoms with Gasteiger partial charge in [0, 0.05) is 48.7 Å². The summed E-state index contributed by atoms with van der Waals surface area (Å²) in [6, 6.07) is 0. The molecule has 0 saturated carbocycles. The van der Waals surface area contributed by atoms with Gasteiger partial charge in [0.15, 0.2) is 0 Å². The Bertz CT molecular complexity index is 443. The first-order chi connectivity index (χ1) is 12.4.